The highest BCUT2D eigenvalue weighted by atomic mass is 35.5. The van der Waals surface area contributed by atoms with Crippen LogP contribution in [0.15, 0.2) is 53.7 Å². The highest BCUT2D eigenvalue weighted by molar-refractivity contribution is 6.31. The highest BCUT2D eigenvalue weighted by Crippen LogP contribution is 2.30. The normalized spacial score (nSPS) is 16.2. The van der Waals surface area contributed by atoms with Gasteiger partial charge < -0.3 is 16.0 Å². The summed E-state index contributed by atoms with van der Waals surface area (Å²) >= 11 is 6.11. The van der Waals surface area contributed by atoms with Gasteiger partial charge in [0.2, 0.25) is 0 Å². The van der Waals surface area contributed by atoms with E-state index < -0.39 is 22.9 Å². The number of rotatable bonds is 4. The lowest BCUT2D eigenvalue weighted by atomic mass is 9.94. The summed E-state index contributed by atoms with van der Waals surface area (Å²) in [6.45, 7) is 3.38. The molecule has 0 aliphatic carbocycles. The summed E-state index contributed by atoms with van der Waals surface area (Å²) in [5.74, 6) is -0.452. The minimum atomic E-state index is -0.840. The van der Waals surface area contributed by atoms with Gasteiger partial charge in [0, 0.05) is 28.5 Å². The van der Waals surface area contributed by atoms with Crippen molar-refractivity contribution in [2.24, 2.45) is 0 Å². The van der Waals surface area contributed by atoms with Gasteiger partial charge in [-0.15, -0.1) is 0 Å². The minimum Gasteiger partial charge on any atom is -0.327 e. The van der Waals surface area contributed by atoms with Crippen molar-refractivity contribution in [2.45, 2.75) is 19.9 Å². The number of nitrogens with zero attached hydrogens (tertiary/aromatic N) is 1. The van der Waals surface area contributed by atoms with Crippen LogP contribution in [-0.4, -0.2) is 16.9 Å². The Labute approximate surface area is 165 Å². The van der Waals surface area contributed by atoms with Crippen molar-refractivity contribution in [3.8, 4) is 0 Å². The number of hydrogen-bond acceptors (Lipinski definition) is 4. The van der Waals surface area contributed by atoms with E-state index in [4.69, 9.17) is 11.6 Å². The fourth-order valence-electron chi connectivity index (χ4n) is 3.00. The zero-order valence-corrected chi connectivity index (χ0v) is 15.8. The SMILES string of the molecule is CC1=C(C(=O)Nc2cccc(Cl)c2C)C(c2cccc([N+](=O)[O-])c2)NC(=O)N1. The molecule has 1 unspecified atom stereocenters. The summed E-state index contributed by atoms with van der Waals surface area (Å²) in [6, 6.07) is 9.61. The molecule has 3 rings (SSSR count). The first-order chi connectivity index (χ1) is 13.3. The maximum absolute atomic E-state index is 13.0. The summed E-state index contributed by atoms with van der Waals surface area (Å²) in [6.07, 6.45) is 0. The van der Waals surface area contributed by atoms with Gasteiger partial charge in [0.15, 0.2) is 0 Å². The number of nitro benzene ring substituents is 1. The highest BCUT2D eigenvalue weighted by Gasteiger charge is 2.32. The van der Waals surface area contributed by atoms with E-state index in [9.17, 15) is 19.7 Å². The molecule has 2 aromatic rings. The van der Waals surface area contributed by atoms with Crippen LogP contribution in [0.1, 0.15) is 24.1 Å². The second-order valence-electron chi connectivity index (χ2n) is 6.29. The van der Waals surface area contributed by atoms with Crippen LogP contribution in [0.2, 0.25) is 5.02 Å². The second kappa shape index (κ2) is 7.69. The maximum atomic E-state index is 13.0. The molecule has 1 aliphatic rings. The van der Waals surface area contributed by atoms with Gasteiger partial charge in [-0.25, -0.2) is 4.79 Å². The number of nitrogens with one attached hydrogen (secondary N) is 3. The fourth-order valence-corrected chi connectivity index (χ4v) is 3.17. The van der Waals surface area contributed by atoms with E-state index in [1.54, 1.807) is 38.1 Å². The molecule has 3 amide bonds. The van der Waals surface area contributed by atoms with E-state index in [1.807, 2.05) is 0 Å². The van der Waals surface area contributed by atoms with Crippen LogP contribution in [-0.2, 0) is 4.79 Å². The van der Waals surface area contributed by atoms with E-state index in [0.717, 1.165) is 0 Å². The van der Waals surface area contributed by atoms with Crippen LogP contribution >= 0.6 is 11.6 Å². The number of benzene rings is 2. The van der Waals surface area contributed by atoms with Gasteiger partial charge >= 0.3 is 6.03 Å². The van der Waals surface area contributed by atoms with E-state index in [2.05, 4.69) is 16.0 Å². The van der Waals surface area contributed by atoms with Gasteiger partial charge in [0.1, 0.15) is 0 Å². The van der Waals surface area contributed by atoms with Crippen LogP contribution in [0.5, 0.6) is 0 Å². The number of urea groups is 1. The summed E-state index contributed by atoms with van der Waals surface area (Å²) < 4.78 is 0. The molecular weight excluding hydrogens is 384 g/mol. The number of non-ortho nitro benzene ring substituents is 1. The van der Waals surface area contributed by atoms with Gasteiger partial charge in [-0.05, 0) is 37.1 Å². The van der Waals surface area contributed by atoms with Crippen LogP contribution in [0, 0.1) is 17.0 Å². The molecule has 0 saturated carbocycles. The van der Waals surface area contributed by atoms with Crippen molar-refractivity contribution in [1.29, 1.82) is 0 Å². The van der Waals surface area contributed by atoms with E-state index in [0.29, 0.717) is 27.5 Å². The molecular formula is C19H17ClN4O4. The van der Waals surface area contributed by atoms with Crippen molar-refractivity contribution in [1.82, 2.24) is 10.6 Å². The quantitative estimate of drug-likeness (QED) is 0.534. The van der Waals surface area contributed by atoms with E-state index in [1.165, 1.54) is 18.2 Å². The Balaban J connectivity index is 2.00. The molecule has 2 aromatic carbocycles. The van der Waals surface area contributed by atoms with E-state index in [-0.39, 0.29) is 11.3 Å². The Hall–Kier alpha value is -3.39. The first-order valence-electron chi connectivity index (χ1n) is 8.37. The Morgan fingerprint density at radius 3 is 2.64 bits per heavy atom. The molecule has 1 atom stereocenters. The molecule has 0 saturated heterocycles. The number of halogens is 1. The molecule has 144 valence electrons. The number of hydrogen-bond donors (Lipinski definition) is 3. The monoisotopic (exact) mass is 400 g/mol. The zero-order valence-electron chi connectivity index (χ0n) is 15.1. The number of nitro groups is 1. The van der Waals surface area contributed by atoms with Crippen molar-refractivity contribution in [2.75, 3.05) is 5.32 Å². The molecule has 28 heavy (non-hydrogen) atoms. The van der Waals surface area contributed by atoms with Crippen LogP contribution in [0.25, 0.3) is 0 Å². The van der Waals surface area contributed by atoms with Gasteiger partial charge in [-0.2, -0.15) is 0 Å². The Morgan fingerprint density at radius 1 is 1.21 bits per heavy atom. The molecule has 3 N–H and O–H groups in total. The molecule has 0 bridgehead atoms. The van der Waals surface area contributed by atoms with Crippen molar-refractivity contribution >= 4 is 34.9 Å². The zero-order chi connectivity index (χ0) is 20.4. The summed E-state index contributed by atoms with van der Waals surface area (Å²) in [7, 11) is 0. The third-order valence-corrected chi connectivity index (χ3v) is 4.85. The average Bonchev–Trinajstić information content (AvgIpc) is 2.64. The molecule has 1 heterocycles. The van der Waals surface area contributed by atoms with Crippen molar-refractivity contribution in [3.05, 3.63) is 80.0 Å². The maximum Gasteiger partial charge on any atom is 0.319 e. The van der Waals surface area contributed by atoms with Gasteiger partial charge in [-0.1, -0.05) is 29.8 Å². The first-order valence-corrected chi connectivity index (χ1v) is 8.75. The lowest BCUT2D eigenvalue weighted by Gasteiger charge is -2.28. The molecule has 8 nitrogen and oxygen atoms in total. The summed E-state index contributed by atoms with van der Waals surface area (Å²) in [5, 5.41) is 19.6. The number of anilines is 1. The van der Waals surface area contributed by atoms with Crippen molar-refractivity contribution < 1.29 is 14.5 Å². The van der Waals surface area contributed by atoms with Crippen LogP contribution < -0.4 is 16.0 Å². The minimum absolute atomic E-state index is 0.131. The third-order valence-electron chi connectivity index (χ3n) is 4.44. The first kappa shape index (κ1) is 19.4. The molecule has 0 aromatic heterocycles. The summed E-state index contributed by atoms with van der Waals surface area (Å²) in [4.78, 5) is 35.5. The number of allylic oxidation sites excluding steroid dienone is 1. The lowest BCUT2D eigenvalue weighted by Crippen LogP contribution is -2.46. The van der Waals surface area contributed by atoms with Crippen LogP contribution in [0.4, 0.5) is 16.2 Å². The second-order valence-corrected chi connectivity index (χ2v) is 6.70. The standard InChI is InChI=1S/C19H17ClN4O4/c1-10-14(20)7-4-8-15(10)22-18(25)16-11(2)21-19(26)23-17(16)12-5-3-6-13(9-12)24(27)28/h3-9,17H,1-2H3,(H,22,25)(H2,21,23,26). The molecule has 0 radical (unpaired) electrons. The Kier molecular flexibility index (Phi) is 5.32. The predicted molar refractivity (Wildman–Crippen MR) is 105 cm³/mol. The fraction of sp³-hybridized carbons (Fsp3) is 0.158. The number of carbonyl (C=O) groups excluding carboxylic acids is 2. The Morgan fingerprint density at radius 2 is 1.93 bits per heavy atom. The topological polar surface area (TPSA) is 113 Å². The summed E-state index contributed by atoms with van der Waals surface area (Å²) in [5.41, 5.74) is 2.14. The average molecular weight is 401 g/mol. The molecule has 0 spiro atoms. The smallest absolute Gasteiger partial charge is 0.319 e. The number of amides is 3. The third kappa shape index (κ3) is 3.81. The van der Waals surface area contributed by atoms with Gasteiger partial charge in [-0.3, -0.25) is 14.9 Å². The molecule has 0 fully saturated rings. The number of carbonyl (C=O) groups is 2. The molecule has 9 heteroatoms. The largest absolute Gasteiger partial charge is 0.327 e. The van der Waals surface area contributed by atoms with Crippen LogP contribution in [0.3, 0.4) is 0 Å². The van der Waals surface area contributed by atoms with Gasteiger partial charge in [0.05, 0.1) is 16.5 Å². The van der Waals surface area contributed by atoms with Gasteiger partial charge in [0.25, 0.3) is 11.6 Å². The van der Waals surface area contributed by atoms with E-state index >= 15 is 0 Å². The van der Waals surface area contributed by atoms with Crippen molar-refractivity contribution in [3.63, 3.8) is 0 Å². The Bertz CT molecular complexity index is 1020. The predicted octanol–water partition coefficient (Wildman–Crippen LogP) is 3.82. The molecule has 1 aliphatic heterocycles. The lowest BCUT2D eigenvalue weighted by molar-refractivity contribution is -0.384.